The van der Waals surface area contributed by atoms with Gasteiger partial charge in [-0.3, -0.25) is 19.7 Å². The van der Waals surface area contributed by atoms with Gasteiger partial charge in [-0.05, 0) is 19.4 Å². The second kappa shape index (κ2) is 10.4. The minimum atomic E-state index is -0.555. The zero-order chi connectivity index (χ0) is 17.9. The van der Waals surface area contributed by atoms with E-state index in [1.165, 1.54) is 18.2 Å². The van der Waals surface area contributed by atoms with Gasteiger partial charge < -0.3 is 10.6 Å². The Bertz CT molecular complexity index is 575. The average Bonchev–Trinajstić information content (AvgIpc) is 2.53. The van der Waals surface area contributed by atoms with Gasteiger partial charge in [0, 0.05) is 24.9 Å². The lowest BCUT2D eigenvalue weighted by atomic mass is 10.1. The van der Waals surface area contributed by atoms with Crippen molar-refractivity contribution < 1.29 is 14.5 Å². The molecule has 0 aliphatic heterocycles. The van der Waals surface area contributed by atoms with Gasteiger partial charge in [0.05, 0.1) is 4.92 Å². The van der Waals surface area contributed by atoms with Crippen LogP contribution in [-0.4, -0.2) is 22.8 Å². The fourth-order valence-corrected chi connectivity index (χ4v) is 2.30. The summed E-state index contributed by atoms with van der Waals surface area (Å²) in [6.45, 7) is 4.07. The van der Waals surface area contributed by atoms with Crippen LogP contribution in [-0.2, 0) is 9.59 Å². The number of anilines is 1. The highest BCUT2D eigenvalue weighted by molar-refractivity contribution is 5.95. The topological polar surface area (TPSA) is 101 Å². The average molecular weight is 335 g/mol. The maximum Gasteiger partial charge on any atom is 0.292 e. The number of hydrogen-bond acceptors (Lipinski definition) is 4. The number of benzene rings is 1. The first-order valence-corrected chi connectivity index (χ1v) is 8.26. The first kappa shape index (κ1) is 19.6. The number of hydrogen-bond donors (Lipinski definition) is 2. The van der Waals surface area contributed by atoms with Crippen LogP contribution in [0.25, 0.3) is 0 Å². The van der Waals surface area contributed by atoms with Crippen LogP contribution < -0.4 is 10.6 Å². The third-order valence-electron chi connectivity index (χ3n) is 3.60. The third-order valence-corrected chi connectivity index (χ3v) is 3.60. The van der Waals surface area contributed by atoms with Crippen LogP contribution in [0.4, 0.5) is 11.4 Å². The molecule has 1 aromatic carbocycles. The van der Waals surface area contributed by atoms with E-state index >= 15 is 0 Å². The van der Waals surface area contributed by atoms with Gasteiger partial charge >= 0.3 is 0 Å². The minimum absolute atomic E-state index is 0.0143. The van der Waals surface area contributed by atoms with Gasteiger partial charge in [-0.15, -0.1) is 0 Å². The minimum Gasteiger partial charge on any atom is -0.354 e. The molecule has 1 atom stereocenters. The zero-order valence-electron chi connectivity index (χ0n) is 14.2. The largest absolute Gasteiger partial charge is 0.354 e. The van der Waals surface area contributed by atoms with E-state index in [1.54, 1.807) is 6.07 Å². The summed E-state index contributed by atoms with van der Waals surface area (Å²) in [6, 6.07) is 6.00. The van der Waals surface area contributed by atoms with Crippen LogP contribution in [0, 0.1) is 10.1 Å². The molecule has 0 radical (unpaired) electrons. The number of nitrogens with one attached hydrogen (secondary N) is 2. The van der Waals surface area contributed by atoms with Gasteiger partial charge in [0.15, 0.2) is 0 Å². The van der Waals surface area contributed by atoms with Crippen LogP contribution in [0.1, 0.15) is 52.4 Å². The number of nitro benzene ring substituents is 1. The second-order valence-corrected chi connectivity index (χ2v) is 5.79. The molecule has 132 valence electrons. The summed E-state index contributed by atoms with van der Waals surface area (Å²) in [6.07, 6.45) is 4.30. The van der Waals surface area contributed by atoms with Crippen molar-refractivity contribution in [1.82, 2.24) is 5.32 Å². The number of carbonyl (C=O) groups excluding carboxylic acids is 2. The van der Waals surface area contributed by atoms with E-state index in [0.29, 0.717) is 0 Å². The van der Waals surface area contributed by atoms with Crippen molar-refractivity contribution in [2.45, 2.75) is 58.4 Å². The lowest BCUT2D eigenvalue weighted by molar-refractivity contribution is -0.383. The highest BCUT2D eigenvalue weighted by Gasteiger charge is 2.15. The Hall–Kier alpha value is -2.44. The van der Waals surface area contributed by atoms with E-state index in [2.05, 4.69) is 17.6 Å². The third kappa shape index (κ3) is 7.21. The Balaban J connectivity index is 2.38. The zero-order valence-corrected chi connectivity index (χ0v) is 14.2. The molecule has 0 aromatic heterocycles. The predicted molar refractivity (Wildman–Crippen MR) is 92.7 cm³/mol. The number of carbonyl (C=O) groups is 2. The fourth-order valence-electron chi connectivity index (χ4n) is 2.30. The van der Waals surface area contributed by atoms with Gasteiger partial charge in [-0.25, -0.2) is 0 Å². The lowest BCUT2D eigenvalue weighted by Gasteiger charge is -2.13. The van der Waals surface area contributed by atoms with Crippen molar-refractivity contribution >= 4 is 23.2 Å². The summed E-state index contributed by atoms with van der Waals surface area (Å²) >= 11 is 0. The summed E-state index contributed by atoms with van der Waals surface area (Å²) in [5.74, 6) is -0.602. The normalized spacial score (nSPS) is 11.6. The molecule has 0 heterocycles. The van der Waals surface area contributed by atoms with E-state index < -0.39 is 10.8 Å². The summed E-state index contributed by atoms with van der Waals surface area (Å²) in [7, 11) is 0. The summed E-state index contributed by atoms with van der Waals surface area (Å²) in [5, 5.41) is 16.2. The molecule has 0 spiro atoms. The van der Waals surface area contributed by atoms with E-state index in [9.17, 15) is 19.7 Å². The van der Waals surface area contributed by atoms with Gasteiger partial charge in [0.1, 0.15) is 5.69 Å². The van der Waals surface area contributed by atoms with Crippen molar-refractivity contribution in [2.24, 2.45) is 0 Å². The van der Waals surface area contributed by atoms with Crippen LogP contribution in [0.15, 0.2) is 24.3 Å². The first-order valence-electron chi connectivity index (χ1n) is 8.26. The lowest BCUT2D eigenvalue weighted by Crippen LogP contribution is -2.33. The van der Waals surface area contributed by atoms with Gasteiger partial charge in [0.2, 0.25) is 11.8 Å². The van der Waals surface area contributed by atoms with Gasteiger partial charge in [-0.1, -0.05) is 38.3 Å². The van der Waals surface area contributed by atoms with Crippen LogP contribution in [0.3, 0.4) is 0 Å². The SMILES string of the molecule is CCCCCC(C)NC(=O)CCC(=O)Nc1ccccc1[N+](=O)[O-]. The molecule has 7 heteroatoms. The Labute approximate surface area is 142 Å². The molecule has 0 saturated carbocycles. The van der Waals surface area contributed by atoms with E-state index in [1.807, 2.05) is 6.92 Å². The van der Waals surface area contributed by atoms with Crippen LogP contribution in [0.2, 0.25) is 0 Å². The molecule has 7 nitrogen and oxygen atoms in total. The molecule has 24 heavy (non-hydrogen) atoms. The maximum atomic E-state index is 11.9. The molecule has 0 saturated heterocycles. The number of nitrogens with zero attached hydrogens (tertiary/aromatic N) is 1. The van der Waals surface area contributed by atoms with E-state index in [0.717, 1.165) is 25.7 Å². The summed E-state index contributed by atoms with van der Waals surface area (Å²) < 4.78 is 0. The number of amides is 2. The van der Waals surface area contributed by atoms with E-state index in [-0.39, 0.29) is 36.2 Å². The quantitative estimate of drug-likeness (QED) is 0.389. The monoisotopic (exact) mass is 335 g/mol. The van der Waals surface area contributed by atoms with Crippen LogP contribution >= 0.6 is 0 Å². The van der Waals surface area contributed by atoms with Gasteiger partial charge in [-0.2, -0.15) is 0 Å². The second-order valence-electron chi connectivity index (χ2n) is 5.79. The predicted octanol–water partition coefficient (Wildman–Crippen LogP) is 3.40. The number of unbranched alkanes of at least 4 members (excludes halogenated alkanes) is 2. The smallest absolute Gasteiger partial charge is 0.292 e. The number of para-hydroxylation sites is 2. The van der Waals surface area contributed by atoms with Gasteiger partial charge in [0.25, 0.3) is 5.69 Å². The van der Waals surface area contributed by atoms with Crippen molar-refractivity contribution in [3.63, 3.8) is 0 Å². The molecule has 2 N–H and O–H groups in total. The molecular formula is C17H25N3O4. The molecule has 1 aromatic rings. The highest BCUT2D eigenvalue weighted by atomic mass is 16.6. The molecule has 0 aliphatic rings. The van der Waals surface area contributed by atoms with Crippen molar-refractivity contribution in [3.8, 4) is 0 Å². The maximum absolute atomic E-state index is 11.9. The Kier molecular flexibility index (Phi) is 8.46. The van der Waals surface area contributed by atoms with E-state index in [4.69, 9.17) is 0 Å². The Morgan fingerprint density at radius 1 is 1.17 bits per heavy atom. The number of nitro groups is 1. The molecule has 2 amide bonds. The fraction of sp³-hybridized carbons (Fsp3) is 0.529. The summed E-state index contributed by atoms with van der Waals surface area (Å²) in [5.41, 5.74) is -0.0271. The molecule has 0 bridgehead atoms. The molecule has 0 aliphatic carbocycles. The summed E-state index contributed by atoms with van der Waals surface area (Å²) in [4.78, 5) is 34.0. The molecule has 1 rings (SSSR count). The Morgan fingerprint density at radius 2 is 1.83 bits per heavy atom. The number of rotatable bonds is 10. The van der Waals surface area contributed by atoms with Crippen molar-refractivity contribution in [1.29, 1.82) is 0 Å². The highest BCUT2D eigenvalue weighted by Crippen LogP contribution is 2.23. The molecular weight excluding hydrogens is 310 g/mol. The van der Waals surface area contributed by atoms with Crippen molar-refractivity contribution in [3.05, 3.63) is 34.4 Å². The molecule has 0 fully saturated rings. The standard InChI is InChI=1S/C17H25N3O4/c1-3-4-5-8-13(2)18-16(21)11-12-17(22)19-14-9-6-7-10-15(14)20(23)24/h6-7,9-10,13H,3-5,8,11-12H2,1-2H3,(H,18,21)(H,19,22). The Morgan fingerprint density at radius 3 is 2.50 bits per heavy atom. The molecule has 1 unspecified atom stereocenters. The first-order chi connectivity index (χ1) is 11.4. The van der Waals surface area contributed by atoms with Crippen molar-refractivity contribution in [2.75, 3.05) is 5.32 Å². The van der Waals surface area contributed by atoms with Crippen LogP contribution in [0.5, 0.6) is 0 Å².